The molecule has 0 rings (SSSR count). The highest BCUT2D eigenvalue weighted by molar-refractivity contribution is 5.93. The lowest BCUT2D eigenvalue weighted by Gasteiger charge is -2.20. The zero-order valence-corrected chi connectivity index (χ0v) is 16.3. The Morgan fingerprint density at radius 2 is 1.26 bits per heavy atom. The Kier molecular flexibility index (Phi) is 11.4. The number of carbonyl (C=O) groups excluding carboxylic acids is 4. The van der Waals surface area contributed by atoms with Crippen LogP contribution in [0.2, 0.25) is 0 Å². The Labute approximate surface area is 158 Å². The summed E-state index contributed by atoms with van der Waals surface area (Å²) >= 11 is 0. The molecule has 0 aromatic carbocycles. The third-order valence-corrected chi connectivity index (χ3v) is 3.62. The number of carboxylic acids is 1. The molecule has 0 aliphatic rings. The quantitative estimate of drug-likeness (QED) is 0.298. The topological polar surface area (TPSA) is 154 Å². The van der Waals surface area contributed by atoms with E-state index < -0.39 is 41.8 Å². The first kappa shape index (κ1) is 24.4. The van der Waals surface area contributed by atoms with Crippen LogP contribution >= 0.6 is 0 Å². The maximum atomic E-state index is 12.1. The van der Waals surface area contributed by atoms with Gasteiger partial charge >= 0.3 is 5.97 Å². The van der Waals surface area contributed by atoms with Crippen molar-refractivity contribution in [2.75, 3.05) is 6.54 Å². The summed E-state index contributed by atoms with van der Waals surface area (Å²) < 4.78 is 0. The van der Waals surface area contributed by atoms with E-state index in [2.05, 4.69) is 21.3 Å². The maximum absolute atomic E-state index is 12.1. The minimum atomic E-state index is -0.994. The third kappa shape index (κ3) is 10.8. The van der Waals surface area contributed by atoms with E-state index in [0.717, 1.165) is 6.42 Å². The first-order chi connectivity index (χ1) is 12.6. The van der Waals surface area contributed by atoms with Crippen molar-refractivity contribution in [1.82, 2.24) is 21.3 Å². The molecule has 3 atom stereocenters. The summed E-state index contributed by atoms with van der Waals surface area (Å²) in [6.07, 6.45) is 0.810. The monoisotopic (exact) mass is 386 g/mol. The summed E-state index contributed by atoms with van der Waals surface area (Å²) in [4.78, 5) is 57.9. The van der Waals surface area contributed by atoms with Crippen molar-refractivity contribution in [1.29, 1.82) is 0 Å². The van der Waals surface area contributed by atoms with Gasteiger partial charge in [0.15, 0.2) is 0 Å². The van der Waals surface area contributed by atoms with Crippen LogP contribution in [0.25, 0.3) is 0 Å². The lowest BCUT2D eigenvalue weighted by Crippen LogP contribution is -2.54. The molecule has 0 aromatic heterocycles. The number of carboxylic acid groups (broad SMARTS) is 1. The van der Waals surface area contributed by atoms with Crippen molar-refractivity contribution in [3.63, 3.8) is 0 Å². The fourth-order valence-electron chi connectivity index (χ4n) is 1.99. The molecular formula is C17H30N4O6. The largest absolute Gasteiger partial charge is 0.481 e. The molecule has 0 saturated carbocycles. The van der Waals surface area contributed by atoms with Crippen molar-refractivity contribution in [2.45, 2.75) is 71.5 Å². The molecule has 0 bridgehead atoms. The second kappa shape index (κ2) is 12.7. The Morgan fingerprint density at radius 1 is 0.778 bits per heavy atom. The molecule has 154 valence electrons. The van der Waals surface area contributed by atoms with Gasteiger partial charge in [-0.05, 0) is 33.6 Å². The summed E-state index contributed by atoms with van der Waals surface area (Å²) in [5.41, 5.74) is 0. The smallest absolute Gasteiger partial charge is 0.303 e. The number of rotatable bonds is 12. The molecule has 0 saturated heterocycles. The molecule has 0 radical (unpaired) electrons. The molecule has 27 heavy (non-hydrogen) atoms. The summed E-state index contributed by atoms with van der Waals surface area (Å²) in [5.74, 6) is -2.84. The standard InChI is InChI=1S/C17H30N4O6/c1-5-9-18-15(25)10(2)20-17(27)12(4)21-16(26)11(3)19-13(22)7-6-8-14(23)24/h10-12H,5-9H2,1-4H3,(H,18,25)(H,19,22)(H,20,27)(H,21,26)(H,23,24)/t10-,11-,12-/m0/s1. The minimum absolute atomic E-state index is 0.00958. The fourth-order valence-corrected chi connectivity index (χ4v) is 1.99. The highest BCUT2D eigenvalue weighted by Gasteiger charge is 2.23. The van der Waals surface area contributed by atoms with Crippen LogP contribution in [-0.4, -0.2) is 59.4 Å². The van der Waals surface area contributed by atoms with Gasteiger partial charge in [-0.1, -0.05) is 6.92 Å². The lowest BCUT2D eigenvalue weighted by atomic mass is 10.2. The summed E-state index contributed by atoms with van der Waals surface area (Å²) in [7, 11) is 0. The van der Waals surface area contributed by atoms with Gasteiger partial charge in [0.2, 0.25) is 23.6 Å². The number of carbonyl (C=O) groups is 5. The Hall–Kier alpha value is -2.65. The van der Waals surface area contributed by atoms with Gasteiger partial charge in [0, 0.05) is 19.4 Å². The van der Waals surface area contributed by atoms with Gasteiger partial charge in [-0.25, -0.2) is 0 Å². The molecule has 0 spiro atoms. The van der Waals surface area contributed by atoms with Gasteiger partial charge < -0.3 is 26.4 Å². The zero-order valence-electron chi connectivity index (χ0n) is 16.3. The predicted octanol–water partition coefficient (Wildman–Crippen LogP) is -0.718. The molecule has 4 amide bonds. The van der Waals surface area contributed by atoms with Crippen molar-refractivity contribution in [3.05, 3.63) is 0 Å². The molecule has 10 nitrogen and oxygen atoms in total. The van der Waals surface area contributed by atoms with Crippen LogP contribution in [0.5, 0.6) is 0 Å². The van der Waals surface area contributed by atoms with Crippen LogP contribution in [-0.2, 0) is 24.0 Å². The van der Waals surface area contributed by atoms with Crippen LogP contribution in [0, 0.1) is 0 Å². The van der Waals surface area contributed by atoms with Gasteiger partial charge in [0.1, 0.15) is 18.1 Å². The van der Waals surface area contributed by atoms with E-state index in [4.69, 9.17) is 5.11 Å². The van der Waals surface area contributed by atoms with Crippen LogP contribution in [0.4, 0.5) is 0 Å². The molecule has 0 unspecified atom stereocenters. The zero-order chi connectivity index (χ0) is 21.0. The number of aliphatic carboxylic acids is 1. The van der Waals surface area contributed by atoms with E-state index in [9.17, 15) is 24.0 Å². The fraction of sp³-hybridized carbons (Fsp3) is 0.706. The molecule has 0 fully saturated rings. The molecule has 5 N–H and O–H groups in total. The second-order valence-electron chi connectivity index (χ2n) is 6.29. The van der Waals surface area contributed by atoms with Crippen LogP contribution in [0.1, 0.15) is 53.4 Å². The van der Waals surface area contributed by atoms with Gasteiger partial charge in [-0.3, -0.25) is 24.0 Å². The average Bonchev–Trinajstić information content (AvgIpc) is 2.58. The minimum Gasteiger partial charge on any atom is -0.481 e. The SMILES string of the molecule is CCCNC(=O)[C@H](C)NC(=O)[C@H](C)NC(=O)[C@H](C)NC(=O)CCCC(=O)O. The number of amides is 4. The van der Waals surface area contributed by atoms with Crippen molar-refractivity contribution in [3.8, 4) is 0 Å². The molecule has 0 aliphatic carbocycles. The van der Waals surface area contributed by atoms with Gasteiger partial charge in [0.25, 0.3) is 0 Å². The molecule has 0 aromatic rings. The average molecular weight is 386 g/mol. The van der Waals surface area contributed by atoms with E-state index in [-0.39, 0.29) is 25.2 Å². The first-order valence-electron chi connectivity index (χ1n) is 8.98. The molecule has 0 aliphatic heterocycles. The Balaban J connectivity index is 4.33. The van der Waals surface area contributed by atoms with E-state index in [0.29, 0.717) is 6.54 Å². The van der Waals surface area contributed by atoms with E-state index >= 15 is 0 Å². The van der Waals surface area contributed by atoms with Crippen molar-refractivity contribution >= 4 is 29.6 Å². The molecule has 0 heterocycles. The second-order valence-corrected chi connectivity index (χ2v) is 6.29. The summed E-state index contributed by atoms with van der Waals surface area (Å²) in [5, 5.41) is 18.6. The normalized spacial score (nSPS) is 13.6. The maximum Gasteiger partial charge on any atom is 0.303 e. The summed E-state index contributed by atoms with van der Waals surface area (Å²) in [6.45, 7) is 6.88. The third-order valence-electron chi connectivity index (χ3n) is 3.62. The van der Waals surface area contributed by atoms with Gasteiger partial charge in [0.05, 0.1) is 0 Å². The Bertz CT molecular complexity index is 552. The highest BCUT2D eigenvalue weighted by atomic mass is 16.4. The summed E-state index contributed by atoms with van der Waals surface area (Å²) in [6, 6.07) is -2.53. The Morgan fingerprint density at radius 3 is 1.74 bits per heavy atom. The van der Waals surface area contributed by atoms with Crippen LogP contribution in [0.3, 0.4) is 0 Å². The molecule has 10 heteroatoms. The molecular weight excluding hydrogens is 356 g/mol. The predicted molar refractivity (Wildman–Crippen MR) is 97.6 cm³/mol. The van der Waals surface area contributed by atoms with Crippen molar-refractivity contribution < 1.29 is 29.1 Å². The number of hydrogen-bond donors (Lipinski definition) is 5. The van der Waals surface area contributed by atoms with Crippen molar-refractivity contribution in [2.24, 2.45) is 0 Å². The first-order valence-corrected chi connectivity index (χ1v) is 8.98. The van der Waals surface area contributed by atoms with Gasteiger partial charge in [-0.15, -0.1) is 0 Å². The number of hydrogen-bond acceptors (Lipinski definition) is 5. The van der Waals surface area contributed by atoms with E-state index in [1.807, 2.05) is 6.92 Å². The number of nitrogens with one attached hydrogen (secondary N) is 4. The van der Waals surface area contributed by atoms with E-state index in [1.165, 1.54) is 20.8 Å². The van der Waals surface area contributed by atoms with Crippen LogP contribution < -0.4 is 21.3 Å². The van der Waals surface area contributed by atoms with E-state index in [1.54, 1.807) is 0 Å². The van der Waals surface area contributed by atoms with Crippen LogP contribution in [0.15, 0.2) is 0 Å². The highest BCUT2D eigenvalue weighted by Crippen LogP contribution is 1.97. The van der Waals surface area contributed by atoms with Gasteiger partial charge in [-0.2, -0.15) is 0 Å². The lowest BCUT2D eigenvalue weighted by molar-refractivity contribution is -0.137.